The van der Waals surface area contributed by atoms with Gasteiger partial charge in [-0.25, -0.2) is 0 Å². The number of nitrogens with one attached hydrogen (secondary N) is 1. The molecule has 1 aromatic heterocycles. The van der Waals surface area contributed by atoms with Crippen molar-refractivity contribution in [2.75, 3.05) is 6.54 Å². The molecule has 1 N–H and O–H groups in total. The highest BCUT2D eigenvalue weighted by Crippen LogP contribution is 2.12. The Morgan fingerprint density at radius 1 is 1.13 bits per heavy atom. The molecule has 0 bridgehead atoms. The van der Waals surface area contributed by atoms with Gasteiger partial charge in [-0.3, -0.25) is 9.59 Å². The average molecular weight is 377 g/mol. The minimum Gasteiger partial charge on any atom is -0.356 e. The Hall–Kier alpha value is -1.88. The molecule has 0 aliphatic rings. The fourth-order valence-electron chi connectivity index (χ4n) is 2.32. The Morgan fingerprint density at radius 3 is 2.78 bits per heavy atom. The standard InChI is InChI=1S/C18H21BrN2O2/c19-16-7-5-6-15(14-16)9-10-17(22)20-11-2-4-13-21-12-3-1-8-18(21)23/h1,3,5-8,12,14H,2,4,9-11,13H2,(H,20,22). The highest BCUT2D eigenvalue weighted by Gasteiger charge is 2.02. The summed E-state index contributed by atoms with van der Waals surface area (Å²) >= 11 is 3.43. The maximum Gasteiger partial charge on any atom is 0.250 e. The van der Waals surface area contributed by atoms with Crippen LogP contribution in [0.15, 0.2) is 57.9 Å². The number of unbranched alkanes of at least 4 members (excludes halogenated alkanes) is 1. The summed E-state index contributed by atoms with van der Waals surface area (Å²) in [5.41, 5.74) is 1.17. The lowest BCUT2D eigenvalue weighted by Gasteiger charge is -2.07. The van der Waals surface area contributed by atoms with Gasteiger partial charge in [0.05, 0.1) is 0 Å². The van der Waals surface area contributed by atoms with E-state index in [1.807, 2.05) is 30.3 Å². The second-order valence-corrected chi connectivity index (χ2v) is 6.33. The van der Waals surface area contributed by atoms with E-state index in [9.17, 15) is 9.59 Å². The fourth-order valence-corrected chi connectivity index (χ4v) is 2.77. The van der Waals surface area contributed by atoms with Crippen molar-refractivity contribution < 1.29 is 4.79 Å². The number of pyridine rings is 1. The molecule has 0 unspecified atom stereocenters. The lowest BCUT2D eigenvalue weighted by Crippen LogP contribution is -2.25. The molecule has 1 aromatic carbocycles. The number of hydrogen-bond donors (Lipinski definition) is 1. The molecule has 0 fully saturated rings. The quantitative estimate of drug-likeness (QED) is 0.719. The highest BCUT2D eigenvalue weighted by molar-refractivity contribution is 9.10. The first kappa shape index (κ1) is 17.5. The fraction of sp³-hybridized carbons (Fsp3) is 0.333. The Labute approximate surface area is 144 Å². The Morgan fingerprint density at radius 2 is 2.00 bits per heavy atom. The van der Waals surface area contributed by atoms with Crippen LogP contribution in [0.2, 0.25) is 0 Å². The van der Waals surface area contributed by atoms with Crippen LogP contribution < -0.4 is 10.9 Å². The van der Waals surface area contributed by atoms with Gasteiger partial charge in [-0.15, -0.1) is 0 Å². The lowest BCUT2D eigenvalue weighted by molar-refractivity contribution is -0.121. The van der Waals surface area contributed by atoms with Gasteiger partial charge in [-0.1, -0.05) is 34.1 Å². The maximum absolute atomic E-state index is 11.8. The smallest absolute Gasteiger partial charge is 0.250 e. The van der Waals surface area contributed by atoms with Crippen LogP contribution in [0.1, 0.15) is 24.8 Å². The van der Waals surface area contributed by atoms with Crippen LogP contribution in [-0.2, 0) is 17.8 Å². The number of halogens is 1. The number of carbonyl (C=O) groups excluding carboxylic acids is 1. The van der Waals surface area contributed by atoms with Crippen LogP contribution >= 0.6 is 15.9 Å². The Kier molecular flexibility index (Phi) is 7.07. The van der Waals surface area contributed by atoms with Gasteiger partial charge in [0.15, 0.2) is 0 Å². The zero-order chi connectivity index (χ0) is 16.5. The molecule has 0 aliphatic heterocycles. The van der Waals surface area contributed by atoms with E-state index < -0.39 is 0 Å². The number of benzene rings is 1. The van der Waals surface area contributed by atoms with E-state index in [0.717, 1.165) is 29.3 Å². The lowest BCUT2D eigenvalue weighted by atomic mass is 10.1. The molecular weight excluding hydrogens is 356 g/mol. The summed E-state index contributed by atoms with van der Waals surface area (Å²) in [5, 5.41) is 2.93. The number of nitrogens with zero attached hydrogens (tertiary/aromatic N) is 1. The van der Waals surface area contributed by atoms with E-state index in [4.69, 9.17) is 0 Å². The third kappa shape index (κ3) is 6.40. The Bertz CT molecular complexity index is 697. The van der Waals surface area contributed by atoms with E-state index >= 15 is 0 Å². The van der Waals surface area contributed by atoms with Crippen molar-refractivity contribution in [3.05, 3.63) is 69.1 Å². The summed E-state index contributed by atoms with van der Waals surface area (Å²) < 4.78 is 2.72. The van der Waals surface area contributed by atoms with Gasteiger partial charge in [0.25, 0.3) is 0 Å². The molecule has 2 rings (SSSR count). The van der Waals surface area contributed by atoms with E-state index in [2.05, 4.69) is 21.2 Å². The molecule has 0 saturated heterocycles. The van der Waals surface area contributed by atoms with Gasteiger partial charge < -0.3 is 9.88 Å². The zero-order valence-electron chi connectivity index (χ0n) is 13.0. The van der Waals surface area contributed by atoms with Crippen molar-refractivity contribution >= 4 is 21.8 Å². The minimum atomic E-state index is 0.0190. The van der Waals surface area contributed by atoms with Crippen molar-refractivity contribution in [1.82, 2.24) is 9.88 Å². The van der Waals surface area contributed by atoms with Crippen LogP contribution in [0, 0.1) is 0 Å². The first-order valence-electron chi connectivity index (χ1n) is 7.82. The molecule has 0 saturated carbocycles. The Balaban J connectivity index is 1.60. The molecule has 5 heteroatoms. The number of aromatic nitrogens is 1. The topological polar surface area (TPSA) is 51.1 Å². The zero-order valence-corrected chi connectivity index (χ0v) is 14.6. The summed E-state index contributed by atoms with van der Waals surface area (Å²) in [6.45, 7) is 1.34. The number of hydrogen-bond acceptors (Lipinski definition) is 2. The van der Waals surface area contributed by atoms with Crippen molar-refractivity contribution in [2.24, 2.45) is 0 Å². The third-order valence-electron chi connectivity index (χ3n) is 3.58. The van der Waals surface area contributed by atoms with Crippen LogP contribution in [-0.4, -0.2) is 17.0 Å². The van der Waals surface area contributed by atoms with Gasteiger partial charge in [-0.05, 0) is 43.0 Å². The first-order chi connectivity index (χ1) is 11.1. The van der Waals surface area contributed by atoms with Crippen molar-refractivity contribution in [1.29, 1.82) is 0 Å². The second kappa shape index (κ2) is 9.30. The van der Waals surface area contributed by atoms with E-state index in [1.54, 1.807) is 22.9 Å². The van der Waals surface area contributed by atoms with E-state index in [-0.39, 0.29) is 11.5 Å². The summed E-state index contributed by atoms with van der Waals surface area (Å²) in [6.07, 6.45) is 4.76. The van der Waals surface area contributed by atoms with E-state index in [0.29, 0.717) is 19.5 Å². The summed E-state index contributed by atoms with van der Waals surface area (Å²) in [4.78, 5) is 23.3. The predicted molar refractivity (Wildman–Crippen MR) is 95.4 cm³/mol. The molecule has 0 aliphatic carbocycles. The largest absolute Gasteiger partial charge is 0.356 e. The van der Waals surface area contributed by atoms with Crippen LogP contribution in [0.5, 0.6) is 0 Å². The predicted octanol–water partition coefficient (Wildman–Crippen LogP) is 3.14. The number of amides is 1. The minimum absolute atomic E-state index is 0.0190. The van der Waals surface area contributed by atoms with Gasteiger partial charge in [0.2, 0.25) is 11.5 Å². The first-order valence-corrected chi connectivity index (χ1v) is 8.61. The molecule has 4 nitrogen and oxygen atoms in total. The van der Waals surface area contributed by atoms with Gasteiger partial charge in [0.1, 0.15) is 0 Å². The van der Waals surface area contributed by atoms with Gasteiger partial charge in [-0.2, -0.15) is 0 Å². The second-order valence-electron chi connectivity index (χ2n) is 5.42. The molecule has 122 valence electrons. The molecular formula is C18H21BrN2O2. The molecule has 0 spiro atoms. The summed E-state index contributed by atoms with van der Waals surface area (Å²) in [6, 6.07) is 13.2. The average Bonchev–Trinajstić information content (AvgIpc) is 2.54. The number of rotatable bonds is 8. The number of aryl methyl sites for hydroxylation is 2. The summed E-state index contributed by atoms with van der Waals surface area (Å²) in [5.74, 6) is 0.0712. The molecule has 0 atom stereocenters. The maximum atomic E-state index is 11.8. The van der Waals surface area contributed by atoms with Crippen molar-refractivity contribution in [3.63, 3.8) is 0 Å². The normalized spacial score (nSPS) is 10.5. The van der Waals surface area contributed by atoms with E-state index in [1.165, 1.54) is 0 Å². The monoisotopic (exact) mass is 376 g/mol. The van der Waals surface area contributed by atoms with Crippen molar-refractivity contribution in [2.45, 2.75) is 32.2 Å². The number of carbonyl (C=O) groups is 1. The molecule has 1 amide bonds. The molecule has 0 radical (unpaired) electrons. The van der Waals surface area contributed by atoms with Crippen LogP contribution in [0.4, 0.5) is 0 Å². The highest BCUT2D eigenvalue weighted by atomic mass is 79.9. The van der Waals surface area contributed by atoms with Gasteiger partial charge in [0, 0.05) is 36.2 Å². The molecule has 1 heterocycles. The van der Waals surface area contributed by atoms with Crippen LogP contribution in [0.25, 0.3) is 0 Å². The summed E-state index contributed by atoms with van der Waals surface area (Å²) in [7, 11) is 0. The SMILES string of the molecule is O=C(CCc1cccc(Br)c1)NCCCCn1ccccc1=O. The van der Waals surface area contributed by atoms with Gasteiger partial charge >= 0.3 is 0 Å². The molecule has 23 heavy (non-hydrogen) atoms. The molecule has 2 aromatic rings. The third-order valence-corrected chi connectivity index (χ3v) is 4.07. The van der Waals surface area contributed by atoms with Crippen LogP contribution in [0.3, 0.4) is 0 Å². The van der Waals surface area contributed by atoms with Crippen molar-refractivity contribution in [3.8, 4) is 0 Å².